The van der Waals surface area contributed by atoms with Crippen molar-refractivity contribution in [2.24, 2.45) is 0 Å². The molecule has 4 radical (unpaired) electrons. The van der Waals surface area contributed by atoms with Gasteiger partial charge in [0, 0.05) is 0 Å². The molecule has 38 valence electrons. The summed E-state index contributed by atoms with van der Waals surface area (Å²) in [6.07, 6.45) is 0. The molecule has 8 heavy (non-hydrogen) atoms. The van der Waals surface area contributed by atoms with E-state index in [-0.39, 0.29) is 15.1 Å². The van der Waals surface area contributed by atoms with Crippen LogP contribution in [-0.4, -0.2) is 23.8 Å². The third-order valence-electron chi connectivity index (χ3n) is 0.885. The number of benzene rings is 1. The van der Waals surface area contributed by atoms with Gasteiger partial charge in [-0.1, -0.05) is 0 Å². The molecule has 0 amide bonds. The summed E-state index contributed by atoms with van der Waals surface area (Å²) in [6, 6.07) is 10.4. The average Bonchev–Trinajstić information content (AvgIpc) is 1.90. The maximum atomic E-state index is 3.50. The molecule has 0 N–H and O–H groups in total. The van der Waals surface area contributed by atoms with Crippen LogP contribution in [-0.2, 0) is 0 Å². The van der Waals surface area contributed by atoms with E-state index in [2.05, 4.69) is 33.0 Å². The quantitative estimate of drug-likeness (QED) is 0.538. The minimum absolute atomic E-state index is 0.238. The molecule has 0 spiro atoms. The predicted octanol–water partition coefficient (Wildman–Crippen LogP) is 0.0996. The Morgan fingerprint density at radius 3 is 2.12 bits per heavy atom. The van der Waals surface area contributed by atoms with Gasteiger partial charge >= 0.3 is 58.5 Å². The van der Waals surface area contributed by atoms with Crippen LogP contribution >= 0.6 is 0 Å². The van der Waals surface area contributed by atoms with Crippen LogP contribution in [0.25, 0.3) is 0 Å². The molecule has 1 aromatic carbocycles. The molecule has 0 saturated heterocycles. The molecular formula is C6H5AsSi. The minimum atomic E-state index is 0.238. The standard InChI is InChI=1S/C6H5AsSi/c8-7-6-4-2-1-3-5-6/h1-5H. The summed E-state index contributed by atoms with van der Waals surface area (Å²) in [4.78, 5) is 0. The zero-order valence-corrected chi connectivity index (χ0v) is 7.21. The fraction of sp³-hybridized carbons (Fsp3) is 0. The predicted molar refractivity (Wildman–Crippen MR) is 37.6 cm³/mol. The van der Waals surface area contributed by atoms with Gasteiger partial charge in [-0.15, -0.1) is 0 Å². The van der Waals surface area contributed by atoms with Crippen LogP contribution in [0.1, 0.15) is 0 Å². The normalized spacial score (nSPS) is 10.6. The summed E-state index contributed by atoms with van der Waals surface area (Å²) < 4.78 is 1.42. The molecule has 0 saturated carbocycles. The summed E-state index contributed by atoms with van der Waals surface area (Å²) >= 11 is 0.238. The van der Waals surface area contributed by atoms with E-state index in [1.807, 2.05) is 6.07 Å². The van der Waals surface area contributed by atoms with E-state index in [0.717, 1.165) is 0 Å². The third kappa shape index (κ3) is 1.50. The molecule has 0 atom stereocenters. The molecule has 0 aliphatic heterocycles. The summed E-state index contributed by atoms with van der Waals surface area (Å²) in [5.74, 6) is 0. The SMILES string of the molecule is [Si][As]c1ccccc1. The van der Waals surface area contributed by atoms with Gasteiger partial charge in [-0.3, -0.25) is 0 Å². The van der Waals surface area contributed by atoms with Crippen molar-refractivity contribution in [2.75, 3.05) is 0 Å². The van der Waals surface area contributed by atoms with Crippen LogP contribution < -0.4 is 4.35 Å². The van der Waals surface area contributed by atoms with E-state index in [0.29, 0.717) is 0 Å². The van der Waals surface area contributed by atoms with Crippen molar-refractivity contribution in [3.63, 3.8) is 0 Å². The van der Waals surface area contributed by atoms with Crippen LogP contribution in [0.3, 0.4) is 0 Å². The molecule has 0 aliphatic rings. The van der Waals surface area contributed by atoms with Crippen LogP contribution in [0.5, 0.6) is 0 Å². The van der Waals surface area contributed by atoms with Crippen LogP contribution in [0.4, 0.5) is 0 Å². The van der Waals surface area contributed by atoms with Crippen molar-refractivity contribution in [1.29, 1.82) is 0 Å². The molecule has 0 bridgehead atoms. The molecule has 0 heterocycles. The number of rotatable bonds is 1. The van der Waals surface area contributed by atoms with Gasteiger partial charge in [-0.25, -0.2) is 0 Å². The average molecular weight is 180 g/mol. The second kappa shape index (κ2) is 3.11. The van der Waals surface area contributed by atoms with E-state index < -0.39 is 0 Å². The maximum absolute atomic E-state index is 3.50. The Labute approximate surface area is 58.8 Å². The first-order valence-corrected chi connectivity index (χ1v) is 6.56. The first-order chi connectivity index (χ1) is 3.93. The molecule has 0 nitrogen and oxygen atoms in total. The van der Waals surface area contributed by atoms with Gasteiger partial charge in [0.2, 0.25) is 0 Å². The fourth-order valence-electron chi connectivity index (χ4n) is 0.503. The van der Waals surface area contributed by atoms with Gasteiger partial charge in [0.05, 0.1) is 0 Å². The Morgan fingerprint density at radius 2 is 1.75 bits per heavy atom. The van der Waals surface area contributed by atoms with Crippen molar-refractivity contribution in [1.82, 2.24) is 0 Å². The third-order valence-corrected chi connectivity index (χ3v) is 3.39. The van der Waals surface area contributed by atoms with Crippen molar-refractivity contribution < 1.29 is 0 Å². The fourth-order valence-corrected chi connectivity index (χ4v) is 1.95. The number of hydrogen-bond acceptors (Lipinski definition) is 0. The summed E-state index contributed by atoms with van der Waals surface area (Å²) in [5.41, 5.74) is 0. The molecule has 0 aliphatic carbocycles. The molecule has 1 rings (SSSR count). The van der Waals surface area contributed by atoms with Crippen molar-refractivity contribution in [3.8, 4) is 0 Å². The van der Waals surface area contributed by atoms with E-state index >= 15 is 0 Å². The van der Waals surface area contributed by atoms with E-state index in [9.17, 15) is 0 Å². The van der Waals surface area contributed by atoms with Gasteiger partial charge in [0.15, 0.2) is 0 Å². The first-order valence-electron chi connectivity index (χ1n) is 2.36. The molecule has 0 unspecified atom stereocenters. The van der Waals surface area contributed by atoms with Crippen molar-refractivity contribution >= 4 is 28.2 Å². The summed E-state index contributed by atoms with van der Waals surface area (Å²) in [5, 5.41) is 0. The zero-order valence-electron chi connectivity index (χ0n) is 4.33. The van der Waals surface area contributed by atoms with E-state index in [1.165, 1.54) is 4.35 Å². The zero-order chi connectivity index (χ0) is 5.82. The van der Waals surface area contributed by atoms with Gasteiger partial charge in [0.25, 0.3) is 0 Å². The van der Waals surface area contributed by atoms with Crippen molar-refractivity contribution in [3.05, 3.63) is 30.3 Å². The molecular weight excluding hydrogens is 175 g/mol. The van der Waals surface area contributed by atoms with E-state index in [4.69, 9.17) is 0 Å². The molecule has 2 heteroatoms. The second-order valence-electron chi connectivity index (χ2n) is 1.45. The van der Waals surface area contributed by atoms with Crippen LogP contribution in [0.2, 0.25) is 0 Å². The Balaban J connectivity index is 2.83. The van der Waals surface area contributed by atoms with Gasteiger partial charge in [0.1, 0.15) is 0 Å². The van der Waals surface area contributed by atoms with E-state index in [1.54, 1.807) is 0 Å². The molecule has 1 aromatic rings. The topological polar surface area (TPSA) is 0 Å². The second-order valence-corrected chi connectivity index (χ2v) is 4.16. The van der Waals surface area contributed by atoms with Crippen LogP contribution in [0, 0.1) is 0 Å². The van der Waals surface area contributed by atoms with Crippen molar-refractivity contribution in [2.45, 2.75) is 0 Å². The van der Waals surface area contributed by atoms with Gasteiger partial charge < -0.3 is 0 Å². The molecule has 0 aromatic heterocycles. The van der Waals surface area contributed by atoms with Gasteiger partial charge in [-0.2, -0.15) is 0 Å². The first kappa shape index (κ1) is 6.12. The van der Waals surface area contributed by atoms with Gasteiger partial charge in [-0.05, 0) is 0 Å². The molecule has 0 fully saturated rings. The Hall–Kier alpha value is -0.00468. The summed E-state index contributed by atoms with van der Waals surface area (Å²) in [6.45, 7) is 0. The Morgan fingerprint density at radius 1 is 1.12 bits per heavy atom. The summed E-state index contributed by atoms with van der Waals surface area (Å²) in [7, 11) is 3.50. The number of hydrogen-bond donors (Lipinski definition) is 0. The van der Waals surface area contributed by atoms with Crippen LogP contribution in [0.15, 0.2) is 30.3 Å². The monoisotopic (exact) mass is 180 g/mol. The Bertz CT molecular complexity index is 150. The Kier molecular flexibility index (Phi) is 2.38.